The van der Waals surface area contributed by atoms with Crippen LogP contribution in [0.1, 0.15) is 12.8 Å². The smallest absolute Gasteiger partial charge is 0.244 e. The van der Waals surface area contributed by atoms with E-state index in [0.717, 1.165) is 17.7 Å². The van der Waals surface area contributed by atoms with Crippen molar-refractivity contribution in [2.24, 2.45) is 23.7 Å². The van der Waals surface area contributed by atoms with Crippen molar-refractivity contribution < 1.29 is 14.4 Å². The van der Waals surface area contributed by atoms with Crippen LogP contribution in [0.25, 0.3) is 0 Å². The van der Waals surface area contributed by atoms with Gasteiger partial charge < -0.3 is 5.32 Å². The van der Waals surface area contributed by atoms with Crippen molar-refractivity contribution >= 4 is 35.0 Å². The molecule has 1 aromatic carbocycles. The van der Waals surface area contributed by atoms with Gasteiger partial charge in [-0.15, -0.1) is 0 Å². The van der Waals surface area contributed by atoms with Gasteiger partial charge in [-0.25, -0.2) is 0 Å². The zero-order chi connectivity index (χ0) is 16.8. The fourth-order valence-corrected chi connectivity index (χ4v) is 4.30. The largest absolute Gasteiger partial charge is 0.325 e. The molecular weight excluding hydrogens is 328 g/mol. The molecule has 2 fully saturated rings. The van der Waals surface area contributed by atoms with Crippen molar-refractivity contribution in [1.29, 1.82) is 0 Å². The van der Waals surface area contributed by atoms with Crippen molar-refractivity contribution in [2.75, 3.05) is 11.9 Å². The van der Waals surface area contributed by atoms with E-state index in [2.05, 4.69) is 17.5 Å². The second-order valence-electron chi connectivity index (χ2n) is 6.66. The van der Waals surface area contributed by atoms with Crippen LogP contribution in [0.2, 0.25) is 5.02 Å². The highest BCUT2D eigenvalue weighted by atomic mass is 35.5. The average molecular weight is 345 g/mol. The lowest BCUT2D eigenvalue weighted by atomic mass is 9.63. The number of carbonyl (C=O) groups excluding carboxylic acids is 3. The molecule has 4 aliphatic rings. The molecule has 5 nitrogen and oxygen atoms in total. The molecule has 6 heteroatoms. The van der Waals surface area contributed by atoms with E-state index in [1.54, 1.807) is 24.3 Å². The van der Waals surface area contributed by atoms with E-state index in [9.17, 15) is 14.4 Å². The minimum absolute atomic E-state index is 0.140. The van der Waals surface area contributed by atoms with Gasteiger partial charge in [0.2, 0.25) is 17.7 Å². The first-order chi connectivity index (χ1) is 11.5. The summed E-state index contributed by atoms with van der Waals surface area (Å²) in [6.45, 7) is -0.229. The molecule has 0 aromatic heterocycles. The quantitative estimate of drug-likeness (QED) is 0.676. The Labute approximate surface area is 144 Å². The van der Waals surface area contributed by atoms with Crippen LogP contribution in [0.15, 0.2) is 36.4 Å². The number of rotatable bonds is 3. The van der Waals surface area contributed by atoms with Crippen molar-refractivity contribution in [3.8, 4) is 0 Å². The Kier molecular flexibility index (Phi) is 3.68. The average Bonchev–Trinajstić information content (AvgIpc) is 2.85. The number of benzene rings is 1. The van der Waals surface area contributed by atoms with Crippen LogP contribution in [-0.4, -0.2) is 29.2 Å². The van der Waals surface area contributed by atoms with Crippen LogP contribution >= 0.6 is 11.6 Å². The number of anilines is 1. The molecule has 1 aliphatic heterocycles. The third kappa shape index (κ3) is 2.44. The second-order valence-corrected chi connectivity index (χ2v) is 7.10. The van der Waals surface area contributed by atoms with E-state index in [1.807, 2.05) is 0 Å². The summed E-state index contributed by atoms with van der Waals surface area (Å²) in [5.74, 6) is -1.04. The number of hydrogen-bond donors (Lipinski definition) is 1. The van der Waals surface area contributed by atoms with E-state index < -0.39 is 0 Å². The number of imide groups is 1. The molecule has 4 unspecified atom stereocenters. The monoisotopic (exact) mass is 344 g/mol. The summed E-state index contributed by atoms with van der Waals surface area (Å²) >= 11 is 5.81. The molecule has 1 aromatic rings. The van der Waals surface area contributed by atoms with E-state index in [-0.39, 0.29) is 47.9 Å². The number of fused-ring (bicyclic) bond motifs is 1. The van der Waals surface area contributed by atoms with Crippen LogP contribution < -0.4 is 5.32 Å². The maximum absolute atomic E-state index is 12.6. The molecule has 3 amide bonds. The SMILES string of the molecule is O=C(CN1C(=O)C2C3C=CC(CC3)C2C1=O)Nc1ccc(Cl)cc1. The van der Waals surface area contributed by atoms with Crippen molar-refractivity contribution in [1.82, 2.24) is 4.90 Å². The lowest BCUT2D eigenvalue weighted by Gasteiger charge is -2.38. The molecule has 1 saturated carbocycles. The van der Waals surface area contributed by atoms with Gasteiger partial charge in [-0.1, -0.05) is 23.8 Å². The Morgan fingerprint density at radius 2 is 1.58 bits per heavy atom. The van der Waals surface area contributed by atoms with Crippen molar-refractivity contribution in [2.45, 2.75) is 12.8 Å². The number of nitrogens with one attached hydrogen (secondary N) is 1. The van der Waals surface area contributed by atoms with Crippen LogP contribution in [0.4, 0.5) is 5.69 Å². The summed E-state index contributed by atoms with van der Waals surface area (Å²) in [5, 5.41) is 3.27. The lowest BCUT2D eigenvalue weighted by Crippen LogP contribution is -2.38. The Bertz CT molecular complexity index is 711. The summed E-state index contributed by atoms with van der Waals surface area (Å²) in [4.78, 5) is 38.7. The molecule has 2 bridgehead atoms. The molecular formula is C18H17ClN2O3. The molecule has 4 atom stereocenters. The summed E-state index contributed by atoms with van der Waals surface area (Å²) in [6.07, 6.45) is 6.04. The molecule has 3 aliphatic carbocycles. The zero-order valence-electron chi connectivity index (χ0n) is 12.9. The summed E-state index contributed by atoms with van der Waals surface area (Å²) in [7, 11) is 0. The van der Waals surface area contributed by atoms with Crippen molar-refractivity contribution in [3.63, 3.8) is 0 Å². The number of halogens is 1. The van der Waals surface area contributed by atoms with Gasteiger partial charge in [0.05, 0.1) is 11.8 Å². The van der Waals surface area contributed by atoms with Gasteiger partial charge in [0.25, 0.3) is 0 Å². The maximum atomic E-state index is 12.6. The summed E-state index contributed by atoms with van der Waals surface area (Å²) < 4.78 is 0. The molecule has 1 saturated heterocycles. The van der Waals surface area contributed by atoms with Crippen molar-refractivity contribution in [3.05, 3.63) is 41.4 Å². The van der Waals surface area contributed by atoms with Gasteiger partial charge >= 0.3 is 0 Å². The third-order valence-electron chi connectivity index (χ3n) is 5.28. The number of nitrogens with zero attached hydrogens (tertiary/aromatic N) is 1. The minimum atomic E-state index is -0.377. The van der Waals surface area contributed by atoms with Crippen LogP contribution in [0.3, 0.4) is 0 Å². The highest BCUT2D eigenvalue weighted by molar-refractivity contribution is 6.30. The van der Waals surface area contributed by atoms with Gasteiger partial charge in [-0.05, 0) is 48.9 Å². The first kappa shape index (κ1) is 15.4. The summed E-state index contributed by atoms with van der Waals surface area (Å²) in [5.41, 5.74) is 0.586. The topological polar surface area (TPSA) is 66.5 Å². The highest BCUT2D eigenvalue weighted by Crippen LogP contribution is 2.49. The van der Waals surface area contributed by atoms with E-state index >= 15 is 0 Å². The zero-order valence-corrected chi connectivity index (χ0v) is 13.7. The highest BCUT2D eigenvalue weighted by Gasteiger charge is 2.56. The van der Waals surface area contributed by atoms with E-state index in [4.69, 9.17) is 11.6 Å². The Morgan fingerprint density at radius 1 is 1.04 bits per heavy atom. The number of allylic oxidation sites excluding steroid dienone is 2. The van der Waals surface area contributed by atoms with Gasteiger partial charge in [0.1, 0.15) is 6.54 Å². The number of hydrogen-bond acceptors (Lipinski definition) is 3. The second kappa shape index (κ2) is 5.74. The predicted octanol–water partition coefficient (Wildman–Crippen LogP) is 2.48. The Hall–Kier alpha value is -2.14. The molecule has 0 spiro atoms. The Balaban J connectivity index is 1.47. The molecule has 1 N–H and O–H groups in total. The standard InChI is InChI=1S/C18H17ClN2O3/c19-12-5-7-13(8-6-12)20-14(22)9-21-17(23)15-10-1-2-11(4-3-10)16(15)18(21)24/h1-2,5-8,10-11,15-16H,3-4,9H2,(H,20,22). The van der Waals surface area contributed by atoms with Gasteiger partial charge in [-0.2, -0.15) is 0 Å². The molecule has 5 rings (SSSR count). The molecule has 24 heavy (non-hydrogen) atoms. The number of carbonyl (C=O) groups is 3. The maximum Gasteiger partial charge on any atom is 0.244 e. The number of likely N-dealkylation sites (tertiary alicyclic amines) is 1. The predicted molar refractivity (Wildman–Crippen MR) is 89.1 cm³/mol. The Morgan fingerprint density at radius 3 is 2.08 bits per heavy atom. The van der Waals surface area contributed by atoms with Gasteiger partial charge in [0.15, 0.2) is 0 Å². The first-order valence-electron chi connectivity index (χ1n) is 8.13. The fraction of sp³-hybridized carbons (Fsp3) is 0.389. The third-order valence-corrected chi connectivity index (χ3v) is 5.53. The number of amides is 3. The first-order valence-corrected chi connectivity index (χ1v) is 8.51. The van der Waals surface area contributed by atoms with Crippen LogP contribution in [0, 0.1) is 23.7 Å². The van der Waals surface area contributed by atoms with Crippen LogP contribution in [0.5, 0.6) is 0 Å². The van der Waals surface area contributed by atoms with Gasteiger partial charge in [0, 0.05) is 10.7 Å². The van der Waals surface area contributed by atoms with E-state index in [1.165, 1.54) is 0 Å². The van der Waals surface area contributed by atoms with Crippen LogP contribution in [-0.2, 0) is 14.4 Å². The summed E-state index contributed by atoms with van der Waals surface area (Å²) in [6, 6.07) is 6.69. The molecule has 1 heterocycles. The minimum Gasteiger partial charge on any atom is -0.325 e. The van der Waals surface area contributed by atoms with E-state index in [0.29, 0.717) is 10.7 Å². The normalized spacial score (nSPS) is 30.6. The van der Waals surface area contributed by atoms with Gasteiger partial charge in [-0.3, -0.25) is 19.3 Å². The molecule has 124 valence electrons. The fourth-order valence-electron chi connectivity index (χ4n) is 4.17. The lowest BCUT2D eigenvalue weighted by molar-refractivity contribution is -0.142. The molecule has 0 radical (unpaired) electrons.